The fourth-order valence-corrected chi connectivity index (χ4v) is 3.59. The molecule has 1 unspecified atom stereocenters. The van der Waals surface area contributed by atoms with Crippen LogP contribution in [0.4, 0.5) is 0 Å². The summed E-state index contributed by atoms with van der Waals surface area (Å²) in [7, 11) is 0. The van der Waals surface area contributed by atoms with E-state index < -0.39 is 0 Å². The smallest absolute Gasteiger partial charge is 0.181 e. The number of benzene rings is 1. The zero-order valence-corrected chi connectivity index (χ0v) is 14.0. The van der Waals surface area contributed by atoms with Crippen molar-refractivity contribution >= 4 is 0 Å². The zero-order valence-electron chi connectivity index (χ0n) is 14.0. The number of rotatable bonds is 7. The first-order chi connectivity index (χ1) is 11.2. The van der Waals surface area contributed by atoms with Crippen LogP contribution in [-0.2, 0) is 13.0 Å². The van der Waals surface area contributed by atoms with Crippen LogP contribution in [0.2, 0.25) is 0 Å². The summed E-state index contributed by atoms with van der Waals surface area (Å²) in [5, 5.41) is 9.26. The van der Waals surface area contributed by atoms with Gasteiger partial charge >= 0.3 is 0 Å². The summed E-state index contributed by atoms with van der Waals surface area (Å²) < 4.78 is 5.58. The average Bonchev–Trinajstić information content (AvgIpc) is 3.18. The van der Waals surface area contributed by atoms with Crippen LogP contribution in [-0.4, -0.2) is 28.1 Å². The van der Waals surface area contributed by atoms with Crippen molar-refractivity contribution in [1.82, 2.24) is 9.88 Å². The van der Waals surface area contributed by atoms with Crippen molar-refractivity contribution in [3.8, 4) is 0 Å². The van der Waals surface area contributed by atoms with Gasteiger partial charge in [0.2, 0.25) is 0 Å². The van der Waals surface area contributed by atoms with Gasteiger partial charge in [0.1, 0.15) is 5.76 Å². The fraction of sp³-hybridized carbons (Fsp3) is 0.526. The number of aryl methyl sites for hydroxylation is 1. The maximum Gasteiger partial charge on any atom is 0.181 e. The second kappa shape index (κ2) is 7.28. The van der Waals surface area contributed by atoms with Gasteiger partial charge in [0, 0.05) is 31.7 Å². The Morgan fingerprint density at radius 1 is 1.35 bits per heavy atom. The van der Waals surface area contributed by atoms with Crippen LogP contribution < -0.4 is 0 Å². The molecule has 3 rings (SSSR count). The molecule has 4 heteroatoms. The summed E-state index contributed by atoms with van der Waals surface area (Å²) in [6, 6.07) is 9.12. The molecule has 1 aromatic heterocycles. The first kappa shape index (κ1) is 16.2. The van der Waals surface area contributed by atoms with Gasteiger partial charge in [0.25, 0.3) is 0 Å². The van der Waals surface area contributed by atoms with Gasteiger partial charge in [-0.3, -0.25) is 4.90 Å². The molecular formula is C19H26N2O2. The third-order valence-corrected chi connectivity index (χ3v) is 4.70. The van der Waals surface area contributed by atoms with Crippen molar-refractivity contribution in [2.24, 2.45) is 0 Å². The Kier molecular flexibility index (Phi) is 5.13. The minimum atomic E-state index is 0.223. The van der Waals surface area contributed by atoms with Gasteiger partial charge in [-0.25, -0.2) is 4.98 Å². The second-order valence-corrected chi connectivity index (χ2v) is 6.62. The number of hydrogen-bond donors (Lipinski definition) is 1. The van der Waals surface area contributed by atoms with E-state index in [1.165, 1.54) is 11.1 Å². The SMILES string of the molecule is CC(C)c1ocnc1CN(CCCO)C1CCc2ccccc21. The van der Waals surface area contributed by atoms with Gasteiger partial charge in [0.05, 0.1) is 5.69 Å². The predicted molar refractivity (Wildman–Crippen MR) is 90.2 cm³/mol. The minimum absolute atomic E-state index is 0.223. The maximum absolute atomic E-state index is 9.26. The van der Waals surface area contributed by atoms with E-state index >= 15 is 0 Å². The molecule has 4 nitrogen and oxygen atoms in total. The number of aliphatic hydroxyl groups is 1. The van der Waals surface area contributed by atoms with Crippen LogP contribution in [0, 0.1) is 0 Å². The molecule has 0 spiro atoms. The minimum Gasteiger partial charge on any atom is -0.448 e. The van der Waals surface area contributed by atoms with Crippen molar-refractivity contribution in [3.05, 3.63) is 53.2 Å². The zero-order chi connectivity index (χ0) is 16.2. The van der Waals surface area contributed by atoms with E-state index in [4.69, 9.17) is 4.42 Å². The highest BCUT2D eigenvalue weighted by Gasteiger charge is 2.28. The largest absolute Gasteiger partial charge is 0.448 e. The molecule has 1 heterocycles. The van der Waals surface area contributed by atoms with Crippen molar-refractivity contribution in [1.29, 1.82) is 0 Å². The van der Waals surface area contributed by atoms with E-state index in [1.54, 1.807) is 6.39 Å². The van der Waals surface area contributed by atoms with Crippen molar-refractivity contribution < 1.29 is 9.52 Å². The molecule has 124 valence electrons. The lowest BCUT2D eigenvalue weighted by Gasteiger charge is -2.29. The Morgan fingerprint density at radius 2 is 2.17 bits per heavy atom. The first-order valence-electron chi connectivity index (χ1n) is 8.55. The summed E-state index contributed by atoms with van der Waals surface area (Å²) in [5.74, 6) is 1.31. The van der Waals surface area contributed by atoms with Gasteiger partial charge in [-0.2, -0.15) is 0 Å². The summed E-state index contributed by atoms with van der Waals surface area (Å²) >= 11 is 0. The van der Waals surface area contributed by atoms with E-state index in [0.717, 1.165) is 43.8 Å². The monoisotopic (exact) mass is 314 g/mol. The quantitative estimate of drug-likeness (QED) is 0.847. The summed E-state index contributed by atoms with van der Waals surface area (Å²) in [6.07, 6.45) is 4.61. The average molecular weight is 314 g/mol. The number of hydrogen-bond acceptors (Lipinski definition) is 4. The molecular weight excluding hydrogens is 288 g/mol. The van der Waals surface area contributed by atoms with E-state index in [9.17, 15) is 5.11 Å². The summed E-state index contributed by atoms with van der Waals surface area (Å²) in [4.78, 5) is 6.89. The molecule has 1 aliphatic carbocycles. The van der Waals surface area contributed by atoms with Gasteiger partial charge in [-0.15, -0.1) is 0 Å². The third-order valence-electron chi connectivity index (χ3n) is 4.70. The van der Waals surface area contributed by atoms with Crippen LogP contribution in [0.5, 0.6) is 0 Å². The van der Waals surface area contributed by atoms with E-state index in [-0.39, 0.29) is 6.61 Å². The lowest BCUT2D eigenvalue weighted by Crippen LogP contribution is -2.29. The maximum atomic E-state index is 9.26. The molecule has 1 N–H and O–H groups in total. The van der Waals surface area contributed by atoms with Gasteiger partial charge in [0.15, 0.2) is 6.39 Å². The molecule has 0 amide bonds. The highest BCUT2D eigenvalue weighted by Crippen LogP contribution is 2.36. The van der Waals surface area contributed by atoms with Crippen LogP contribution in [0.1, 0.15) is 61.2 Å². The highest BCUT2D eigenvalue weighted by atomic mass is 16.3. The topological polar surface area (TPSA) is 49.5 Å². The van der Waals surface area contributed by atoms with E-state index in [2.05, 4.69) is 48.0 Å². The lowest BCUT2D eigenvalue weighted by molar-refractivity contribution is 0.163. The highest BCUT2D eigenvalue weighted by molar-refractivity contribution is 5.34. The Labute approximate surface area is 138 Å². The molecule has 1 aliphatic rings. The molecule has 2 aromatic rings. The molecule has 0 aliphatic heterocycles. The summed E-state index contributed by atoms with van der Waals surface area (Å²) in [5.41, 5.74) is 3.91. The number of oxazole rings is 1. The molecule has 0 saturated heterocycles. The standard InChI is InChI=1S/C19H26N2O2/c1-14(2)19-17(20-13-23-19)12-21(10-5-11-22)18-9-8-15-6-3-4-7-16(15)18/h3-4,6-7,13-14,18,22H,5,8-12H2,1-2H3. The number of aromatic nitrogens is 1. The number of nitrogens with zero attached hydrogens (tertiary/aromatic N) is 2. The Morgan fingerprint density at radius 3 is 2.96 bits per heavy atom. The molecule has 1 aromatic carbocycles. The Bertz CT molecular complexity index is 636. The molecule has 0 fully saturated rings. The third kappa shape index (κ3) is 3.48. The Hall–Kier alpha value is -1.65. The normalized spacial score (nSPS) is 17.2. The van der Waals surface area contributed by atoms with E-state index in [1.807, 2.05) is 0 Å². The van der Waals surface area contributed by atoms with Gasteiger partial charge in [-0.1, -0.05) is 38.1 Å². The second-order valence-electron chi connectivity index (χ2n) is 6.62. The van der Waals surface area contributed by atoms with Gasteiger partial charge in [-0.05, 0) is 30.4 Å². The lowest BCUT2D eigenvalue weighted by atomic mass is 10.1. The van der Waals surface area contributed by atoms with Crippen LogP contribution in [0.15, 0.2) is 35.1 Å². The van der Waals surface area contributed by atoms with Crippen molar-refractivity contribution in [2.75, 3.05) is 13.2 Å². The summed E-state index contributed by atoms with van der Waals surface area (Å²) in [6.45, 7) is 6.14. The fourth-order valence-electron chi connectivity index (χ4n) is 3.59. The molecule has 0 radical (unpaired) electrons. The van der Waals surface area contributed by atoms with Crippen LogP contribution in [0.25, 0.3) is 0 Å². The molecule has 0 saturated carbocycles. The van der Waals surface area contributed by atoms with Crippen LogP contribution >= 0.6 is 0 Å². The van der Waals surface area contributed by atoms with Gasteiger partial charge < -0.3 is 9.52 Å². The van der Waals surface area contributed by atoms with Crippen LogP contribution in [0.3, 0.4) is 0 Å². The van der Waals surface area contributed by atoms with Crippen molar-refractivity contribution in [2.45, 2.75) is 51.6 Å². The van der Waals surface area contributed by atoms with E-state index in [0.29, 0.717) is 12.0 Å². The molecule has 0 bridgehead atoms. The molecule has 23 heavy (non-hydrogen) atoms. The Balaban J connectivity index is 1.83. The van der Waals surface area contributed by atoms with Crippen molar-refractivity contribution in [3.63, 3.8) is 0 Å². The number of aliphatic hydroxyl groups excluding tert-OH is 1. The molecule has 1 atom stereocenters. The number of fused-ring (bicyclic) bond motifs is 1. The first-order valence-corrected chi connectivity index (χ1v) is 8.55. The predicted octanol–water partition coefficient (Wildman–Crippen LogP) is 3.67.